The third-order valence-electron chi connectivity index (χ3n) is 3.75. The number of carbonyl (C=O) groups is 1. The van der Waals surface area contributed by atoms with Crippen LogP contribution in [0.3, 0.4) is 0 Å². The van der Waals surface area contributed by atoms with Crippen LogP contribution in [0.4, 0.5) is 8.78 Å². The fraction of sp³-hybridized carbons (Fsp3) is 0.562. The molecule has 116 valence electrons. The van der Waals surface area contributed by atoms with Crippen LogP contribution in [-0.4, -0.2) is 12.5 Å². The predicted molar refractivity (Wildman–Crippen MR) is 76.4 cm³/mol. The van der Waals surface area contributed by atoms with Crippen LogP contribution in [0.25, 0.3) is 0 Å². The van der Waals surface area contributed by atoms with Crippen molar-refractivity contribution in [2.45, 2.75) is 58.1 Å². The molecular weight excluding hydrogens is 276 g/mol. The number of unbranched alkanes of at least 4 members (excludes halogenated alkanes) is 1. The highest BCUT2D eigenvalue weighted by atomic mass is 19.3. The van der Waals surface area contributed by atoms with Crippen molar-refractivity contribution in [1.29, 1.82) is 0 Å². The zero-order chi connectivity index (χ0) is 15.2. The Kier molecular flexibility index (Phi) is 5.53. The number of alkyl halides is 2. The van der Waals surface area contributed by atoms with Gasteiger partial charge in [-0.1, -0.05) is 19.4 Å². The summed E-state index contributed by atoms with van der Waals surface area (Å²) in [4.78, 5) is 11.9. The average molecular weight is 297 g/mol. The summed E-state index contributed by atoms with van der Waals surface area (Å²) in [6, 6.07) is 4.98. The smallest absolute Gasteiger partial charge is 0.387 e. The monoisotopic (exact) mass is 297 g/mol. The van der Waals surface area contributed by atoms with Crippen molar-refractivity contribution in [3.05, 3.63) is 29.3 Å². The fourth-order valence-electron chi connectivity index (χ4n) is 2.72. The summed E-state index contributed by atoms with van der Waals surface area (Å²) < 4.78 is 28.9. The summed E-state index contributed by atoms with van der Waals surface area (Å²) >= 11 is 0. The molecule has 1 aromatic carbocycles. The number of hydrogen-bond acceptors (Lipinski definition) is 2. The van der Waals surface area contributed by atoms with E-state index in [0.29, 0.717) is 6.42 Å². The van der Waals surface area contributed by atoms with Gasteiger partial charge in [0.05, 0.1) is 6.04 Å². The summed E-state index contributed by atoms with van der Waals surface area (Å²) in [6.07, 6.45) is 5.06. The highest BCUT2D eigenvalue weighted by molar-refractivity contribution is 5.76. The van der Waals surface area contributed by atoms with E-state index >= 15 is 0 Å². The highest BCUT2D eigenvalue weighted by Crippen LogP contribution is 2.32. The molecule has 1 aliphatic rings. The second kappa shape index (κ2) is 7.38. The van der Waals surface area contributed by atoms with E-state index in [-0.39, 0.29) is 17.7 Å². The summed E-state index contributed by atoms with van der Waals surface area (Å²) in [5.41, 5.74) is 2.01. The molecule has 1 amide bonds. The van der Waals surface area contributed by atoms with Gasteiger partial charge in [-0.3, -0.25) is 4.79 Å². The van der Waals surface area contributed by atoms with Gasteiger partial charge in [-0.05, 0) is 48.9 Å². The first-order chi connectivity index (χ1) is 10.1. The van der Waals surface area contributed by atoms with Gasteiger partial charge in [-0.25, -0.2) is 0 Å². The molecule has 0 saturated carbocycles. The molecule has 0 heterocycles. The van der Waals surface area contributed by atoms with Crippen LogP contribution >= 0.6 is 0 Å². The lowest BCUT2D eigenvalue weighted by atomic mass is 9.87. The van der Waals surface area contributed by atoms with Crippen molar-refractivity contribution in [1.82, 2.24) is 5.32 Å². The summed E-state index contributed by atoms with van der Waals surface area (Å²) in [6.45, 7) is -0.760. The molecule has 1 aliphatic carbocycles. The first kappa shape index (κ1) is 15.7. The lowest BCUT2D eigenvalue weighted by Gasteiger charge is -2.27. The van der Waals surface area contributed by atoms with Gasteiger partial charge in [0.2, 0.25) is 5.91 Å². The van der Waals surface area contributed by atoms with E-state index in [2.05, 4.69) is 10.1 Å². The van der Waals surface area contributed by atoms with E-state index in [1.165, 1.54) is 0 Å². The van der Waals surface area contributed by atoms with Gasteiger partial charge in [0, 0.05) is 6.42 Å². The van der Waals surface area contributed by atoms with E-state index in [1.807, 2.05) is 6.92 Å². The topological polar surface area (TPSA) is 38.3 Å². The molecule has 1 N–H and O–H groups in total. The molecule has 0 aromatic heterocycles. The van der Waals surface area contributed by atoms with Gasteiger partial charge in [0.25, 0.3) is 0 Å². The number of halogens is 2. The van der Waals surface area contributed by atoms with E-state index in [0.717, 1.165) is 43.2 Å². The van der Waals surface area contributed by atoms with Crippen molar-refractivity contribution in [3.8, 4) is 5.75 Å². The third-order valence-corrected chi connectivity index (χ3v) is 3.75. The quantitative estimate of drug-likeness (QED) is 0.862. The summed E-state index contributed by atoms with van der Waals surface area (Å²) in [7, 11) is 0. The molecule has 5 heteroatoms. The molecule has 1 unspecified atom stereocenters. The van der Waals surface area contributed by atoms with Gasteiger partial charge in [-0.15, -0.1) is 0 Å². The van der Waals surface area contributed by atoms with Crippen molar-refractivity contribution >= 4 is 5.91 Å². The van der Waals surface area contributed by atoms with Crippen LogP contribution in [0, 0.1) is 0 Å². The van der Waals surface area contributed by atoms with Crippen LogP contribution < -0.4 is 10.1 Å². The number of rotatable bonds is 6. The maximum Gasteiger partial charge on any atom is 0.387 e. The van der Waals surface area contributed by atoms with E-state index < -0.39 is 6.61 Å². The number of amides is 1. The number of carbonyl (C=O) groups excluding carboxylic acids is 1. The van der Waals surface area contributed by atoms with E-state index in [4.69, 9.17) is 0 Å². The van der Waals surface area contributed by atoms with Gasteiger partial charge >= 0.3 is 6.61 Å². The Morgan fingerprint density at radius 2 is 2.29 bits per heavy atom. The standard InChI is InChI=1S/C16H21F2NO2/c1-2-3-7-15(20)19-14-6-4-5-11-10-12(21-16(17)18)8-9-13(11)14/h8-10,14,16H,2-7H2,1H3,(H,19,20). The number of fused-ring (bicyclic) bond motifs is 1. The van der Waals surface area contributed by atoms with E-state index in [9.17, 15) is 13.6 Å². The maximum absolute atomic E-state index is 12.2. The zero-order valence-electron chi connectivity index (χ0n) is 12.2. The van der Waals surface area contributed by atoms with Crippen molar-refractivity contribution in [2.75, 3.05) is 0 Å². The molecule has 1 aromatic rings. The fourth-order valence-corrected chi connectivity index (χ4v) is 2.72. The largest absolute Gasteiger partial charge is 0.435 e. The Morgan fingerprint density at radius 3 is 3.00 bits per heavy atom. The Balaban J connectivity index is 2.07. The Bertz CT molecular complexity index is 491. The minimum Gasteiger partial charge on any atom is -0.435 e. The second-order valence-corrected chi connectivity index (χ2v) is 5.36. The van der Waals surface area contributed by atoms with Crippen LogP contribution in [0.15, 0.2) is 18.2 Å². The van der Waals surface area contributed by atoms with Gasteiger partial charge in [-0.2, -0.15) is 8.78 Å². The predicted octanol–water partition coefficient (Wildman–Crippen LogP) is 3.97. The summed E-state index contributed by atoms with van der Waals surface area (Å²) in [5, 5.41) is 3.04. The molecule has 0 saturated heterocycles. The first-order valence-electron chi connectivity index (χ1n) is 7.47. The minimum absolute atomic E-state index is 0.0151. The Morgan fingerprint density at radius 1 is 1.48 bits per heavy atom. The lowest BCUT2D eigenvalue weighted by Crippen LogP contribution is -2.30. The second-order valence-electron chi connectivity index (χ2n) is 5.36. The van der Waals surface area contributed by atoms with E-state index in [1.54, 1.807) is 18.2 Å². The molecule has 0 spiro atoms. The highest BCUT2D eigenvalue weighted by Gasteiger charge is 2.22. The molecule has 0 bridgehead atoms. The minimum atomic E-state index is -2.81. The molecule has 1 atom stereocenters. The number of nitrogens with one attached hydrogen (secondary N) is 1. The molecule has 3 nitrogen and oxygen atoms in total. The number of benzene rings is 1. The van der Waals surface area contributed by atoms with Crippen LogP contribution in [0.5, 0.6) is 5.75 Å². The zero-order valence-corrected chi connectivity index (χ0v) is 12.2. The molecule has 2 rings (SSSR count). The van der Waals surface area contributed by atoms with Crippen molar-refractivity contribution in [2.24, 2.45) is 0 Å². The lowest BCUT2D eigenvalue weighted by molar-refractivity contribution is -0.122. The van der Waals surface area contributed by atoms with Crippen molar-refractivity contribution < 1.29 is 18.3 Å². The van der Waals surface area contributed by atoms with Crippen LogP contribution in [0.1, 0.15) is 56.2 Å². The maximum atomic E-state index is 12.2. The van der Waals surface area contributed by atoms with Crippen LogP contribution in [0.2, 0.25) is 0 Å². The Hall–Kier alpha value is -1.65. The normalized spacial score (nSPS) is 17.4. The van der Waals surface area contributed by atoms with Gasteiger partial charge < -0.3 is 10.1 Å². The Labute approximate surface area is 123 Å². The number of ether oxygens (including phenoxy) is 1. The van der Waals surface area contributed by atoms with Crippen LogP contribution in [-0.2, 0) is 11.2 Å². The number of hydrogen-bond donors (Lipinski definition) is 1. The molecular formula is C16H21F2NO2. The molecule has 0 fully saturated rings. The molecule has 0 radical (unpaired) electrons. The van der Waals surface area contributed by atoms with Crippen molar-refractivity contribution in [3.63, 3.8) is 0 Å². The first-order valence-corrected chi connectivity index (χ1v) is 7.47. The molecule has 0 aliphatic heterocycles. The number of aryl methyl sites for hydroxylation is 1. The summed E-state index contributed by atoms with van der Waals surface area (Å²) in [5.74, 6) is 0.240. The average Bonchev–Trinajstić information content (AvgIpc) is 2.44. The molecule has 21 heavy (non-hydrogen) atoms. The van der Waals surface area contributed by atoms with Gasteiger partial charge in [0.15, 0.2) is 0 Å². The third kappa shape index (κ3) is 4.41. The van der Waals surface area contributed by atoms with Gasteiger partial charge in [0.1, 0.15) is 5.75 Å². The SMILES string of the molecule is CCCCC(=O)NC1CCCc2cc(OC(F)F)ccc21.